The van der Waals surface area contributed by atoms with Crippen LogP contribution in [0.2, 0.25) is 0 Å². The normalized spacial score (nSPS) is 12.5. The maximum Gasteiger partial charge on any atom is 0.252 e. The van der Waals surface area contributed by atoms with Gasteiger partial charge in [0.2, 0.25) is 0 Å². The summed E-state index contributed by atoms with van der Waals surface area (Å²) in [5.41, 5.74) is 6.65. The Balaban J connectivity index is 2.86. The summed E-state index contributed by atoms with van der Waals surface area (Å²) < 4.78 is 0.685. The highest BCUT2D eigenvalue weighted by Crippen LogP contribution is 2.19. The fraction of sp³-hybridized carbons (Fsp3) is 0.417. The van der Waals surface area contributed by atoms with Crippen LogP contribution in [-0.2, 0) is 0 Å². The van der Waals surface area contributed by atoms with Crippen LogP contribution in [0.3, 0.4) is 0 Å². The van der Waals surface area contributed by atoms with Gasteiger partial charge in [-0.1, -0.05) is 13.8 Å². The van der Waals surface area contributed by atoms with Crippen LogP contribution in [0.5, 0.6) is 0 Å². The molecule has 1 unspecified atom stereocenters. The van der Waals surface area contributed by atoms with E-state index in [2.05, 4.69) is 21.2 Å². The summed E-state index contributed by atoms with van der Waals surface area (Å²) in [6.07, 6.45) is 0. The number of nitrogens with two attached hydrogens (primary N) is 1. The SMILES string of the molecule is CC(C)C(CO)NC(=O)c1cc(N)ccc1Br. The molecular weight excluding hydrogens is 284 g/mol. The third-order valence-corrected chi connectivity index (χ3v) is 3.24. The van der Waals surface area contributed by atoms with Crippen molar-refractivity contribution in [3.8, 4) is 0 Å². The van der Waals surface area contributed by atoms with Gasteiger partial charge < -0.3 is 16.2 Å². The van der Waals surface area contributed by atoms with Crippen LogP contribution in [0.4, 0.5) is 5.69 Å². The van der Waals surface area contributed by atoms with E-state index in [0.29, 0.717) is 15.7 Å². The van der Waals surface area contributed by atoms with Crippen molar-refractivity contribution in [1.29, 1.82) is 0 Å². The fourth-order valence-corrected chi connectivity index (χ4v) is 1.81. The Morgan fingerprint density at radius 1 is 1.53 bits per heavy atom. The molecular formula is C12H17BrN2O2. The molecule has 1 rings (SSSR count). The van der Waals surface area contributed by atoms with Gasteiger partial charge in [0.25, 0.3) is 5.91 Å². The molecule has 0 saturated carbocycles. The number of carbonyl (C=O) groups excluding carboxylic acids is 1. The minimum absolute atomic E-state index is 0.0800. The minimum atomic E-state index is -0.254. The maximum absolute atomic E-state index is 12.0. The van der Waals surface area contributed by atoms with Crippen molar-refractivity contribution in [2.45, 2.75) is 19.9 Å². The van der Waals surface area contributed by atoms with Crippen molar-refractivity contribution in [3.05, 3.63) is 28.2 Å². The highest BCUT2D eigenvalue weighted by Gasteiger charge is 2.17. The van der Waals surface area contributed by atoms with Gasteiger partial charge in [0, 0.05) is 10.2 Å². The molecule has 0 saturated heterocycles. The average molecular weight is 301 g/mol. The fourth-order valence-electron chi connectivity index (χ4n) is 1.39. The van der Waals surface area contributed by atoms with Crippen LogP contribution < -0.4 is 11.1 Å². The highest BCUT2D eigenvalue weighted by molar-refractivity contribution is 9.10. The Hall–Kier alpha value is -1.07. The highest BCUT2D eigenvalue weighted by atomic mass is 79.9. The molecule has 1 amide bonds. The Morgan fingerprint density at radius 2 is 2.18 bits per heavy atom. The first-order chi connectivity index (χ1) is 7.95. The zero-order chi connectivity index (χ0) is 13.0. The molecule has 0 aliphatic carbocycles. The molecule has 0 aliphatic rings. The van der Waals surface area contributed by atoms with E-state index in [0.717, 1.165) is 0 Å². The number of aliphatic hydroxyl groups is 1. The number of rotatable bonds is 4. The van der Waals surface area contributed by atoms with E-state index < -0.39 is 0 Å². The predicted octanol–water partition coefficient (Wildman–Crippen LogP) is 1.78. The maximum atomic E-state index is 12.0. The van der Waals surface area contributed by atoms with E-state index in [-0.39, 0.29) is 24.5 Å². The van der Waals surface area contributed by atoms with Gasteiger partial charge in [-0.25, -0.2) is 0 Å². The van der Waals surface area contributed by atoms with Crippen molar-refractivity contribution in [3.63, 3.8) is 0 Å². The molecule has 4 N–H and O–H groups in total. The van der Waals surface area contributed by atoms with E-state index in [1.165, 1.54) is 0 Å². The van der Waals surface area contributed by atoms with Crippen molar-refractivity contribution >= 4 is 27.5 Å². The van der Waals surface area contributed by atoms with Crippen LogP contribution in [-0.4, -0.2) is 23.7 Å². The number of carbonyl (C=O) groups is 1. The van der Waals surface area contributed by atoms with E-state index in [1.54, 1.807) is 18.2 Å². The second-order valence-electron chi connectivity index (χ2n) is 4.25. The monoisotopic (exact) mass is 300 g/mol. The molecule has 1 aromatic carbocycles. The van der Waals surface area contributed by atoms with Crippen molar-refractivity contribution in [2.24, 2.45) is 5.92 Å². The molecule has 0 aliphatic heterocycles. The number of nitrogens with one attached hydrogen (secondary N) is 1. The Kier molecular flexibility index (Phi) is 4.96. The van der Waals surface area contributed by atoms with Gasteiger partial charge in [0.05, 0.1) is 18.2 Å². The third-order valence-electron chi connectivity index (χ3n) is 2.55. The van der Waals surface area contributed by atoms with Crippen LogP contribution in [0.15, 0.2) is 22.7 Å². The summed E-state index contributed by atoms with van der Waals surface area (Å²) in [5.74, 6) is -0.0688. The first-order valence-electron chi connectivity index (χ1n) is 5.42. The summed E-state index contributed by atoms with van der Waals surface area (Å²) in [6, 6.07) is 4.80. The molecule has 1 aromatic rings. The number of nitrogen functional groups attached to an aromatic ring is 1. The zero-order valence-electron chi connectivity index (χ0n) is 9.90. The molecule has 0 heterocycles. The first kappa shape index (κ1) is 14.0. The second kappa shape index (κ2) is 6.02. The van der Waals surface area contributed by atoms with Crippen LogP contribution in [0.1, 0.15) is 24.2 Å². The van der Waals surface area contributed by atoms with E-state index in [9.17, 15) is 4.79 Å². The van der Waals surface area contributed by atoms with Crippen molar-refractivity contribution < 1.29 is 9.90 Å². The molecule has 0 spiro atoms. The van der Waals surface area contributed by atoms with Gasteiger partial charge in [-0.2, -0.15) is 0 Å². The second-order valence-corrected chi connectivity index (χ2v) is 5.10. The summed E-state index contributed by atoms with van der Waals surface area (Å²) in [6.45, 7) is 3.80. The summed E-state index contributed by atoms with van der Waals surface area (Å²) in [4.78, 5) is 12.0. The summed E-state index contributed by atoms with van der Waals surface area (Å²) >= 11 is 3.30. The summed E-state index contributed by atoms with van der Waals surface area (Å²) in [7, 11) is 0. The van der Waals surface area contributed by atoms with Gasteiger partial charge >= 0.3 is 0 Å². The average Bonchev–Trinajstić information content (AvgIpc) is 2.28. The molecule has 0 fully saturated rings. The molecule has 4 nitrogen and oxygen atoms in total. The molecule has 94 valence electrons. The molecule has 5 heteroatoms. The predicted molar refractivity (Wildman–Crippen MR) is 71.7 cm³/mol. The van der Waals surface area contributed by atoms with Crippen molar-refractivity contribution in [1.82, 2.24) is 5.32 Å². The number of halogens is 1. The largest absolute Gasteiger partial charge is 0.399 e. The van der Waals surface area contributed by atoms with Gasteiger partial charge in [0.15, 0.2) is 0 Å². The minimum Gasteiger partial charge on any atom is -0.399 e. The third kappa shape index (κ3) is 3.71. The smallest absolute Gasteiger partial charge is 0.252 e. The first-order valence-corrected chi connectivity index (χ1v) is 6.21. The molecule has 1 atom stereocenters. The lowest BCUT2D eigenvalue weighted by Gasteiger charge is -2.20. The topological polar surface area (TPSA) is 75.3 Å². The van der Waals surface area contributed by atoms with Crippen LogP contribution in [0.25, 0.3) is 0 Å². The molecule has 0 aromatic heterocycles. The van der Waals surface area contributed by atoms with Gasteiger partial charge in [0.1, 0.15) is 0 Å². The Bertz CT molecular complexity index is 407. The van der Waals surface area contributed by atoms with E-state index in [1.807, 2.05) is 13.8 Å². The van der Waals surface area contributed by atoms with Gasteiger partial charge in [-0.15, -0.1) is 0 Å². The van der Waals surface area contributed by atoms with Crippen molar-refractivity contribution in [2.75, 3.05) is 12.3 Å². The van der Waals surface area contributed by atoms with Gasteiger partial charge in [-0.3, -0.25) is 4.79 Å². The molecule has 17 heavy (non-hydrogen) atoms. The van der Waals surface area contributed by atoms with E-state index in [4.69, 9.17) is 10.8 Å². The number of hydrogen-bond donors (Lipinski definition) is 3. The lowest BCUT2D eigenvalue weighted by atomic mass is 10.0. The molecule has 0 radical (unpaired) electrons. The Morgan fingerprint density at radius 3 is 2.71 bits per heavy atom. The lowest BCUT2D eigenvalue weighted by molar-refractivity contribution is 0.0896. The van der Waals surface area contributed by atoms with Crippen LogP contribution >= 0.6 is 15.9 Å². The Labute approximate surface area is 109 Å². The zero-order valence-corrected chi connectivity index (χ0v) is 11.5. The number of aliphatic hydroxyl groups excluding tert-OH is 1. The summed E-state index contributed by atoms with van der Waals surface area (Å²) in [5, 5.41) is 11.9. The number of hydrogen-bond acceptors (Lipinski definition) is 3. The number of anilines is 1. The lowest BCUT2D eigenvalue weighted by Crippen LogP contribution is -2.41. The molecule has 0 bridgehead atoms. The number of amides is 1. The standard InChI is InChI=1S/C12H17BrN2O2/c1-7(2)11(6-16)15-12(17)9-5-8(14)3-4-10(9)13/h3-5,7,11,16H,6,14H2,1-2H3,(H,15,17). The van der Waals surface area contributed by atoms with Gasteiger partial charge in [-0.05, 0) is 40.0 Å². The van der Waals surface area contributed by atoms with E-state index >= 15 is 0 Å². The van der Waals surface area contributed by atoms with Crippen LogP contribution in [0, 0.1) is 5.92 Å². The number of benzene rings is 1. The quantitative estimate of drug-likeness (QED) is 0.742.